The molecular formula is C13H22N2O2. The van der Waals surface area contributed by atoms with E-state index in [-0.39, 0.29) is 6.10 Å². The Kier molecular flexibility index (Phi) is 3.82. The van der Waals surface area contributed by atoms with Gasteiger partial charge in [-0.2, -0.15) is 4.98 Å². The van der Waals surface area contributed by atoms with E-state index < -0.39 is 0 Å². The molecule has 1 aliphatic carbocycles. The van der Waals surface area contributed by atoms with Gasteiger partial charge in [-0.3, -0.25) is 0 Å². The highest BCUT2D eigenvalue weighted by Gasteiger charge is 2.28. The van der Waals surface area contributed by atoms with Crippen molar-refractivity contribution < 1.29 is 9.63 Å². The summed E-state index contributed by atoms with van der Waals surface area (Å²) in [5, 5.41) is 13.6. The van der Waals surface area contributed by atoms with E-state index in [0.29, 0.717) is 17.8 Å². The Hall–Kier alpha value is -0.900. The van der Waals surface area contributed by atoms with Crippen LogP contribution in [0.3, 0.4) is 0 Å². The SMILES string of the molecule is CC(C)c1noc(C2CCC([C@H](C)O)CC2)n1. The quantitative estimate of drug-likeness (QED) is 0.879. The van der Waals surface area contributed by atoms with Crippen LogP contribution in [0.4, 0.5) is 0 Å². The van der Waals surface area contributed by atoms with Gasteiger partial charge in [0.2, 0.25) is 5.89 Å². The molecule has 0 amide bonds. The van der Waals surface area contributed by atoms with Gasteiger partial charge in [0.1, 0.15) is 0 Å². The molecule has 0 unspecified atom stereocenters. The summed E-state index contributed by atoms with van der Waals surface area (Å²) in [5.74, 6) is 2.75. The molecule has 0 aliphatic heterocycles. The Morgan fingerprint density at radius 2 is 1.82 bits per heavy atom. The van der Waals surface area contributed by atoms with Gasteiger partial charge in [-0.05, 0) is 38.5 Å². The zero-order valence-corrected chi connectivity index (χ0v) is 10.9. The van der Waals surface area contributed by atoms with Crippen LogP contribution in [0.15, 0.2) is 4.52 Å². The Labute approximate surface area is 102 Å². The molecule has 2 rings (SSSR count). The fraction of sp³-hybridized carbons (Fsp3) is 0.846. The summed E-state index contributed by atoms with van der Waals surface area (Å²) in [6.45, 7) is 6.02. The summed E-state index contributed by atoms with van der Waals surface area (Å²) in [6.07, 6.45) is 4.03. The third-order valence-corrected chi connectivity index (χ3v) is 3.78. The van der Waals surface area contributed by atoms with E-state index in [0.717, 1.165) is 37.4 Å². The third-order valence-electron chi connectivity index (χ3n) is 3.78. The van der Waals surface area contributed by atoms with Gasteiger partial charge in [0.15, 0.2) is 5.82 Å². The molecule has 1 aliphatic rings. The van der Waals surface area contributed by atoms with Crippen molar-refractivity contribution in [1.82, 2.24) is 10.1 Å². The summed E-state index contributed by atoms with van der Waals surface area (Å²) >= 11 is 0. The highest BCUT2D eigenvalue weighted by atomic mass is 16.5. The maximum absolute atomic E-state index is 9.56. The standard InChI is InChI=1S/C13H22N2O2/c1-8(2)12-14-13(17-15-12)11-6-4-10(5-7-11)9(3)16/h8-11,16H,4-7H2,1-3H3/t9-,10?,11?/m0/s1. The first kappa shape index (κ1) is 12.6. The third kappa shape index (κ3) is 2.86. The number of aliphatic hydroxyl groups excluding tert-OH is 1. The van der Waals surface area contributed by atoms with Crippen molar-refractivity contribution in [1.29, 1.82) is 0 Å². The van der Waals surface area contributed by atoms with E-state index in [4.69, 9.17) is 4.52 Å². The van der Waals surface area contributed by atoms with Crippen LogP contribution < -0.4 is 0 Å². The molecule has 4 nitrogen and oxygen atoms in total. The predicted octanol–water partition coefficient (Wildman–Crippen LogP) is 2.85. The predicted molar refractivity (Wildman–Crippen MR) is 64.8 cm³/mol. The van der Waals surface area contributed by atoms with Gasteiger partial charge < -0.3 is 9.63 Å². The second-order valence-electron chi connectivity index (χ2n) is 5.50. The van der Waals surface area contributed by atoms with Gasteiger partial charge in [0.25, 0.3) is 0 Å². The van der Waals surface area contributed by atoms with Crippen LogP contribution in [-0.4, -0.2) is 21.4 Å². The first-order chi connectivity index (χ1) is 8.08. The lowest BCUT2D eigenvalue weighted by atomic mass is 9.80. The minimum absolute atomic E-state index is 0.190. The molecule has 1 fully saturated rings. The Morgan fingerprint density at radius 1 is 1.18 bits per heavy atom. The number of rotatable bonds is 3. The average molecular weight is 238 g/mol. The molecule has 0 bridgehead atoms. The second-order valence-corrected chi connectivity index (χ2v) is 5.50. The Bertz CT molecular complexity index is 352. The van der Waals surface area contributed by atoms with Crippen LogP contribution in [0.5, 0.6) is 0 Å². The van der Waals surface area contributed by atoms with Crippen molar-refractivity contribution in [2.24, 2.45) is 5.92 Å². The summed E-state index contributed by atoms with van der Waals surface area (Å²) in [5.41, 5.74) is 0. The second kappa shape index (κ2) is 5.17. The van der Waals surface area contributed by atoms with Crippen LogP contribution in [-0.2, 0) is 0 Å². The van der Waals surface area contributed by atoms with E-state index in [1.165, 1.54) is 0 Å². The van der Waals surface area contributed by atoms with Crippen molar-refractivity contribution >= 4 is 0 Å². The van der Waals surface area contributed by atoms with Crippen molar-refractivity contribution in [3.05, 3.63) is 11.7 Å². The molecule has 1 aromatic rings. The first-order valence-electron chi connectivity index (χ1n) is 6.59. The number of nitrogens with zero attached hydrogens (tertiary/aromatic N) is 2. The fourth-order valence-corrected chi connectivity index (χ4v) is 2.50. The number of aliphatic hydroxyl groups is 1. The molecule has 1 heterocycles. The van der Waals surface area contributed by atoms with Gasteiger partial charge in [-0.25, -0.2) is 0 Å². The van der Waals surface area contributed by atoms with Crippen LogP contribution in [0.2, 0.25) is 0 Å². The Balaban J connectivity index is 1.96. The van der Waals surface area contributed by atoms with Gasteiger partial charge in [-0.15, -0.1) is 0 Å². The van der Waals surface area contributed by atoms with Gasteiger partial charge >= 0.3 is 0 Å². The van der Waals surface area contributed by atoms with Crippen LogP contribution in [0.1, 0.15) is 70.0 Å². The maximum atomic E-state index is 9.56. The lowest BCUT2D eigenvalue weighted by molar-refractivity contribution is 0.0934. The number of hydrogen-bond donors (Lipinski definition) is 1. The molecule has 1 aromatic heterocycles. The molecule has 1 N–H and O–H groups in total. The van der Waals surface area contributed by atoms with Crippen molar-refractivity contribution in [3.63, 3.8) is 0 Å². The molecule has 96 valence electrons. The zero-order chi connectivity index (χ0) is 12.4. The van der Waals surface area contributed by atoms with Crippen LogP contribution in [0.25, 0.3) is 0 Å². The summed E-state index contributed by atoms with van der Waals surface area (Å²) < 4.78 is 5.34. The lowest BCUT2D eigenvalue weighted by Gasteiger charge is -2.28. The van der Waals surface area contributed by atoms with E-state index in [1.54, 1.807) is 0 Å². The molecule has 1 atom stereocenters. The highest BCUT2D eigenvalue weighted by molar-refractivity contribution is 4.98. The number of aromatic nitrogens is 2. The van der Waals surface area contributed by atoms with Crippen molar-refractivity contribution in [3.8, 4) is 0 Å². The molecule has 0 saturated heterocycles. The van der Waals surface area contributed by atoms with Gasteiger partial charge in [0.05, 0.1) is 6.10 Å². The monoisotopic (exact) mass is 238 g/mol. The summed E-state index contributed by atoms with van der Waals surface area (Å²) in [4.78, 5) is 4.46. The molecule has 4 heteroatoms. The fourth-order valence-electron chi connectivity index (χ4n) is 2.50. The molecule has 17 heavy (non-hydrogen) atoms. The summed E-state index contributed by atoms with van der Waals surface area (Å²) in [7, 11) is 0. The number of hydrogen-bond acceptors (Lipinski definition) is 4. The van der Waals surface area contributed by atoms with E-state index in [1.807, 2.05) is 6.92 Å². The van der Waals surface area contributed by atoms with Crippen molar-refractivity contribution in [2.75, 3.05) is 0 Å². The Morgan fingerprint density at radius 3 is 2.29 bits per heavy atom. The summed E-state index contributed by atoms with van der Waals surface area (Å²) in [6, 6.07) is 0. The van der Waals surface area contributed by atoms with Crippen LogP contribution >= 0.6 is 0 Å². The molecule has 0 radical (unpaired) electrons. The smallest absolute Gasteiger partial charge is 0.229 e. The van der Waals surface area contributed by atoms with Gasteiger partial charge in [0, 0.05) is 11.8 Å². The first-order valence-corrected chi connectivity index (χ1v) is 6.59. The maximum Gasteiger partial charge on any atom is 0.229 e. The van der Waals surface area contributed by atoms with E-state index >= 15 is 0 Å². The zero-order valence-electron chi connectivity index (χ0n) is 10.9. The minimum Gasteiger partial charge on any atom is -0.393 e. The normalized spacial score (nSPS) is 27.4. The minimum atomic E-state index is -0.190. The lowest BCUT2D eigenvalue weighted by Crippen LogP contribution is -2.22. The molecule has 0 aromatic carbocycles. The highest BCUT2D eigenvalue weighted by Crippen LogP contribution is 2.36. The topological polar surface area (TPSA) is 59.2 Å². The van der Waals surface area contributed by atoms with Crippen LogP contribution in [0, 0.1) is 5.92 Å². The van der Waals surface area contributed by atoms with Crippen molar-refractivity contribution in [2.45, 2.75) is 64.4 Å². The van der Waals surface area contributed by atoms with E-state index in [9.17, 15) is 5.11 Å². The molecule has 0 spiro atoms. The molecule has 1 saturated carbocycles. The average Bonchev–Trinajstić information content (AvgIpc) is 2.78. The van der Waals surface area contributed by atoms with Gasteiger partial charge in [-0.1, -0.05) is 19.0 Å². The molecular weight excluding hydrogens is 216 g/mol. The van der Waals surface area contributed by atoms with E-state index in [2.05, 4.69) is 24.0 Å². The largest absolute Gasteiger partial charge is 0.393 e.